The van der Waals surface area contributed by atoms with Crippen molar-refractivity contribution in [3.63, 3.8) is 0 Å². The van der Waals surface area contributed by atoms with E-state index in [9.17, 15) is 4.79 Å². The van der Waals surface area contributed by atoms with Crippen molar-refractivity contribution >= 4 is 17.7 Å². The van der Waals surface area contributed by atoms with Crippen LogP contribution in [0.15, 0.2) is 64.8 Å². The molecule has 1 N–H and O–H groups in total. The molecular weight excluding hydrogens is 292 g/mol. The van der Waals surface area contributed by atoms with E-state index in [1.807, 2.05) is 13.0 Å². The number of allylic oxidation sites excluding steroid dienone is 2. The number of nitrogens with one attached hydrogen (secondary N) is 1. The SMILES string of the molecule is CCOc1cccc(NC(=O)C(C#N)=CC=Cc2ccco2)c1. The topological polar surface area (TPSA) is 75.3 Å². The Balaban J connectivity index is 2.05. The lowest BCUT2D eigenvalue weighted by molar-refractivity contribution is -0.112. The van der Waals surface area contributed by atoms with Crippen LogP contribution in [0.25, 0.3) is 6.08 Å². The molecule has 0 bridgehead atoms. The van der Waals surface area contributed by atoms with Gasteiger partial charge in [-0.1, -0.05) is 12.1 Å². The number of nitriles is 1. The molecule has 0 unspecified atom stereocenters. The van der Waals surface area contributed by atoms with E-state index in [-0.39, 0.29) is 5.57 Å². The van der Waals surface area contributed by atoms with E-state index in [2.05, 4.69) is 5.32 Å². The average Bonchev–Trinajstić information content (AvgIpc) is 3.05. The van der Waals surface area contributed by atoms with Gasteiger partial charge in [-0.2, -0.15) is 5.26 Å². The Morgan fingerprint density at radius 1 is 1.39 bits per heavy atom. The molecule has 2 aromatic rings. The van der Waals surface area contributed by atoms with Crippen LogP contribution in [0.5, 0.6) is 5.75 Å². The second-order valence-corrected chi connectivity index (χ2v) is 4.48. The first-order chi connectivity index (χ1) is 11.2. The third kappa shape index (κ3) is 4.90. The number of nitrogens with zero attached hydrogens (tertiary/aromatic N) is 1. The van der Waals surface area contributed by atoms with Crippen molar-refractivity contribution in [1.29, 1.82) is 5.26 Å². The first-order valence-corrected chi connectivity index (χ1v) is 7.09. The van der Waals surface area contributed by atoms with Gasteiger partial charge in [0, 0.05) is 11.8 Å². The van der Waals surface area contributed by atoms with Gasteiger partial charge in [0.15, 0.2) is 0 Å². The van der Waals surface area contributed by atoms with Crippen molar-refractivity contribution in [2.45, 2.75) is 6.92 Å². The summed E-state index contributed by atoms with van der Waals surface area (Å²) in [5.74, 6) is 0.819. The Morgan fingerprint density at radius 2 is 2.26 bits per heavy atom. The van der Waals surface area contributed by atoms with Crippen LogP contribution < -0.4 is 10.1 Å². The van der Waals surface area contributed by atoms with Gasteiger partial charge in [0.2, 0.25) is 0 Å². The highest BCUT2D eigenvalue weighted by Gasteiger charge is 2.08. The van der Waals surface area contributed by atoms with Gasteiger partial charge in [-0.15, -0.1) is 0 Å². The van der Waals surface area contributed by atoms with Gasteiger partial charge in [0.1, 0.15) is 23.2 Å². The lowest BCUT2D eigenvalue weighted by Crippen LogP contribution is -2.13. The zero-order valence-corrected chi connectivity index (χ0v) is 12.7. The highest BCUT2D eigenvalue weighted by Crippen LogP contribution is 2.17. The summed E-state index contributed by atoms with van der Waals surface area (Å²) in [6.07, 6.45) is 6.24. The molecule has 0 radical (unpaired) electrons. The maximum atomic E-state index is 12.1. The Hall–Kier alpha value is -3.26. The summed E-state index contributed by atoms with van der Waals surface area (Å²) in [4.78, 5) is 12.1. The van der Waals surface area contributed by atoms with E-state index in [1.165, 1.54) is 6.08 Å². The van der Waals surface area contributed by atoms with E-state index in [1.54, 1.807) is 54.8 Å². The molecule has 0 aliphatic rings. The molecule has 0 aliphatic carbocycles. The fourth-order valence-corrected chi connectivity index (χ4v) is 1.82. The molecule has 5 nitrogen and oxygen atoms in total. The highest BCUT2D eigenvalue weighted by atomic mass is 16.5. The van der Waals surface area contributed by atoms with Gasteiger partial charge in [-0.25, -0.2) is 0 Å². The third-order valence-electron chi connectivity index (χ3n) is 2.83. The van der Waals surface area contributed by atoms with Crippen molar-refractivity contribution in [3.8, 4) is 11.8 Å². The van der Waals surface area contributed by atoms with Gasteiger partial charge in [0.05, 0.1) is 12.9 Å². The maximum Gasteiger partial charge on any atom is 0.266 e. The number of carbonyl (C=O) groups excluding carboxylic acids is 1. The van der Waals surface area contributed by atoms with Crippen molar-refractivity contribution in [1.82, 2.24) is 0 Å². The van der Waals surface area contributed by atoms with E-state index < -0.39 is 5.91 Å². The number of benzene rings is 1. The molecule has 2 rings (SSSR count). The predicted octanol–water partition coefficient (Wildman–Crippen LogP) is 3.78. The van der Waals surface area contributed by atoms with Crippen molar-refractivity contribution in [2.75, 3.05) is 11.9 Å². The summed E-state index contributed by atoms with van der Waals surface area (Å²) < 4.78 is 10.5. The van der Waals surface area contributed by atoms with E-state index in [0.29, 0.717) is 23.8 Å². The number of furan rings is 1. The van der Waals surface area contributed by atoms with Crippen molar-refractivity contribution in [2.24, 2.45) is 0 Å². The van der Waals surface area contributed by atoms with E-state index in [0.717, 1.165) is 0 Å². The number of hydrogen-bond donors (Lipinski definition) is 1. The number of amides is 1. The quantitative estimate of drug-likeness (QED) is 0.500. The van der Waals surface area contributed by atoms with Gasteiger partial charge < -0.3 is 14.5 Å². The van der Waals surface area contributed by atoms with E-state index >= 15 is 0 Å². The first kappa shape index (κ1) is 16.1. The average molecular weight is 308 g/mol. The molecule has 0 fully saturated rings. The monoisotopic (exact) mass is 308 g/mol. The Labute approximate surface area is 134 Å². The van der Waals surface area contributed by atoms with Gasteiger partial charge in [-0.05, 0) is 43.3 Å². The number of rotatable bonds is 6. The number of hydrogen-bond acceptors (Lipinski definition) is 4. The fourth-order valence-electron chi connectivity index (χ4n) is 1.82. The molecule has 116 valence electrons. The number of ether oxygens (including phenoxy) is 1. The van der Waals surface area contributed by atoms with Crippen LogP contribution in [-0.2, 0) is 4.79 Å². The Kier molecular flexibility index (Phi) is 5.78. The largest absolute Gasteiger partial charge is 0.494 e. The van der Waals surface area contributed by atoms with E-state index in [4.69, 9.17) is 14.4 Å². The van der Waals surface area contributed by atoms with Crippen LogP contribution >= 0.6 is 0 Å². The smallest absolute Gasteiger partial charge is 0.266 e. The second-order valence-electron chi connectivity index (χ2n) is 4.48. The molecule has 0 saturated heterocycles. The van der Waals surface area contributed by atoms with Crippen LogP contribution in [-0.4, -0.2) is 12.5 Å². The molecular formula is C18H16N2O3. The van der Waals surface area contributed by atoms with Crippen LogP contribution in [0.4, 0.5) is 5.69 Å². The minimum Gasteiger partial charge on any atom is -0.494 e. The fraction of sp³-hybridized carbons (Fsp3) is 0.111. The molecule has 0 atom stereocenters. The van der Waals surface area contributed by atoms with Crippen molar-refractivity contribution < 1.29 is 13.9 Å². The highest BCUT2D eigenvalue weighted by molar-refractivity contribution is 6.06. The summed E-state index contributed by atoms with van der Waals surface area (Å²) in [5, 5.41) is 11.8. The van der Waals surface area contributed by atoms with Gasteiger partial charge >= 0.3 is 0 Å². The minimum atomic E-state index is -0.481. The normalized spacial score (nSPS) is 11.2. The van der Waals surface area contributed by atoms with Crippen LogP contribution in [0.3, 0.4) is 0 Å². The molecule has 1 amide bonds. The van der Waals surface area contributed by atoms with Crippen molar-refractivity contribution in [3.05, 3.63) is 66.1 Å². The van der Waals surface area contributed by atoms with Crippen LogP contribution in [0.1, 0.15) is 12.7 Å². The standard InChI is InChI=1S/C18H16N2O3/c1-2-22-17-9-4-7-15(12-17)20-18(21)14(13-19)6-3-8-16-10-5-11-23-16/h3-12H,2H2,1H3,(H,20,21). The number of carbonyl (C=O) groups is 1. The summed E-state index contributed by atoms with van der Waals surface area (Å²) >= 11 is 0. The molecule has 1 aromatic heterocycles. The maximum absolute atomic E-state index is 12.1. The summed E-state index contributed by atoms with van der Waals surface area (Å²) in [7, 11) is 0. The zero-order chi connectivity index (χ0) is 16.5. The van der Waals surface area contributed by atoms with Crippen LogP contribution in [0.2, 0.25) is 0 Å². The molecule has 0 spiro atoms. The summed E-state index contributed by atoms with van der Waals surface area (Å²) in [5.41, 5.74) is 0.562. The van der Waals surface area contributed by atoms with Gasteiger partial charge in [-0.3, -0.25) is 4.79 Å². The third-order valence-corrected chi connectivity index (χ3v) is 2.83. The molecule has 0 aliphatic heterocycles. The van der Waals surface area contributed by atoms with Crippen LogP contribution in [0, 0.1) is 11.3 Å². The first-order valence-electron chi connectivity index (χ1n) is 7.09. The molecule has 1 heterocycles. The lowest BCUT2D eigenvalue weighted by atomic mass is 10.2. The summed E-state index contributed by atoms with van der Waals surface area (Å²) in [6.45, 7) is 2.42. The summed E-state index contributed by atoms with van der Waals surface area (Å²) in [6, 6.07) is 12.4. The molecule has 0 saturated carbocycles. The lowest BCUT2D eigenvalue weighted by Gasteiger charge is -2.07. The second kappa shape index (κ2) is 8.25. The minimum absolute atomic E-state index is 0.00498. The molecule has 1 aromatic carbocycles. The zero-order valence-electron chi connectivity index (χ0n) is 12.7. The van der Waals surface area contributed by atoms with Gasteiger partial charge in [0.25, 0.3) is 5.91 Å². The predicted molar refractivity (Wildman–Crippen MR) is 87.7 cm³/mol. The Morgan fingerprint density at radius 3 is 2.96 bits per heavy atom. The molecule has 5 heteroatoms. The number of anilines is 1. The molecule has 23 heavy (non-hydrogen) atoms. The Bertz CT molecular complexity index is 753.